The van der Waals surface area contributed by atoms with Crippen molar-refractivity contribution in [1.29, 1.82) is 10.5 Å². The fraction of sp³-hybridized carbons (Fsp3) is 0.154. The van der Waals surface area contributed by atoms with Crippen molar-refractivity contribution in [2.75, 3.05) is 0 Å². The van der Waals surface area contributed by atoms with Crippen molar-refractivity contribution >= 4 is 28.8 Å². The highest BCUT2D eigenvalue weighted by Crippen LogP contribution is 2.40. The minimum absolute atomic E-state index is 0.0821. The molecule has 3 atom stereocenters. The van der Waals surface area contributed by atoms with Gasteiger partial charge in [0.15, 0.2) is 0 Å². The van der Waals surface area contributed by atoms with Crippen molar-refractivity contribution in [3.63, 3.8) is 0 Å². The summed E-state index contributed by atoms with van der Waals surface area (Å²) in [4.78, 5) is 0. The lowest BCUT2D eigenvalue weighted by atomic mass is 9.74. The monoisotopic (exact) mass is 430 g/mol. The summed E-state index contributed by atoms with van der Waals surface area (Å²) in [5.41, 5.74) is 3.32. The summed E-state index contributed by atoms with van der Waals surface area (Å²) in [6, 6.07) is 29.3. The molecule has 0 aliphatic rings. The van der Waals surface area contributed by atoms with E-state index in [9.17, 15) is 10.5 Å². The largest absolute Gasteiger partial charge is 0.198 e. The minimum atomic E-state index is -0.371. The SMILES string of the molecule is CC(C=C(C#N)c1ccc(Cl)cc1)C(c1ccc(Cl)cc1)C(C#N)c1ccccc1. The van der Waals surface area contributed by atoms with E-state index >= 15 is 0 Å². The highest BCUT2D eigenvalue weighted by molar-refractivity contribution is 6.30. The molecule has 30 heavy (non-hydrogen) atoms. The first-order valence-corrected chi connectivity index (χ1v) is 10.4. The van der Waals surface area contributed by atoms with Gasteiger partial charge in [-0.3, -0.25) is 0 Å². The second-order valence-electron chi connectivity index (χ2n) is 7.15. The number of nitriles is 2. The van der Waals surface area contributed by atoms with E-state index in [0.717, 1.165) is 16.7 Å². The van der Waals surface area contributed by atoms with Crippen molar-refractivity contribution in [3.05, 3.63) is 112 Å². The van der Waals surface area contributed by atoms with Gasteiger partial charge < -0.3 is 0 Å². The van der Waals surface area contributed by atoms with Gasteiger partial charge in [0.25, 0.3) is 0 Å². The lowest BCUT2D eigenvalue weighted by molar-refractivity contribution is 0.508. The van der Waals surface area contributed by atoms with Crippen molar-refractivity contribution < 1.29 is 0 Å². The summed E-state index contributed by atoms with van der Waals surface area (Å²) >= 11 is 12.1. The van der Waals surface area contributed by atoms with Crippen molar-refractivity contribution in [3.8, 4) is 12.1 Å². The van der Waals surface area contributed by atoms with Gasteiger partial charge in [0, 0.05) is 16.0 Å². The van der Waals surface area contributed by atoms with Crippen LogP contribution >= 0.6 is 23.2 Å². The van der Waals surface area contributed by atoms with E-state index in [-0.39, 0.29) is 17.8 Å². The fourth-order valence-corrected chi connectivity index (χ4v) is 3.95. The Balaban J connectivity index is 2.07. The third-order valence-corrected chi connectivity index (χ3v) is 5.69. The summed E-state index contributed by atoms with van der Waals surface area (Å²) in [7, 11) is 0. The van der Waals surface area contributed by atoms with E-state index in [1.165, 1.54) is 0 Å². The average molecular weight is 431 g/mol. The molecule has 148 valence electrons. The number of allylic oxidation sites excluding steroid dienone is 2. The molecule has 0 fully saturated rings. The van der Waals surface area contributed by atoms with Gasteiger partial charge in [-0.2, -0.15) is 10.5 Å². The first kappa shape index (κ1) is 21.7. The highest BCUT2D eigenvalue weighted by atomic mass is 35.5. The number of rotatable bonds is 6. The van der Waals surface area contributed by atoms with E-state index in [0.29, 0.717) is 15.6 Å². The Labute approximate surface area is 187 Å². The molecular formula is C26H20Cl2N2. The summed E-state index contributed by atoms with van der Waals surface area (Å²) in [5.74, 6) is -0.601. The number of hydrogen-bond donors (Lipinski definition) is 0. The van der Waals surface area contributed by atoms with E-state index in [1.807, 2.05) is 79.7 Å². The molecule has 0 aromatic heterocycles. The second kappa shape index (κ2) is 10.1. The van der Waals surface area contributed by atoms with Crippen LogP contribution in [0.5, 0.6) is 0 Å². The predicted molar refractivity (Wildman–Crippen MR) is 123 cm³/mol. The molecule has 0 radical (unpaired) electrons. The standard InChI is InChI=1S/C26H20Cl2N2/c1-18(15-22(16-29)19-7-11-23(27)12-8-19)26(21-9-13-24(28)14-10-21)25(17-30)20-5-3-2-4-6-20/h2-15,18,25-26H,1H3. The van der Waals surface area contributed by atoms with Crippen LogP contribution in [0.15, 0.2) is 84.9 Å². The first-order valence-electron chi connectivity index (χ1n) is 9.61. The topological polar surface area (TPSA) is 47.6 Å². The van der Waals surface area contributed by atoms with Crippen molar-refractivity contribution in [2.45, 2.75) is 18.8 Å². The van der Waals surface area contributed by atoms with Crippen molar-refractivity contribution in [1.82, 2.24) is 0 Å². The number of hydrogen-bond acceptors (Lipinski definition) is 2. The maximum absolute atomic E-state index is 10.1. The van der Waals surface area contributed by atoms with E-state index in [2.05, 4.69) is 12.1 Å². The molecule has 0 spiro atoms. The van der Waals surface area contributed by atoms with Crippen LogP contribution in [0.1, 0.15) is 35.4 Å². The van der Waals surface area contributed by atoms with E-state index in [1.54, 1.807) is 12.1 Å². The second-order valence-corrected chi connectivity index (χ2v) is 8.03. The molecule has 4 heteroatoms. The van der Waals surface area contributed by atoms with Gasteiger partial charge in [-0.05, 0) is 46.9 Å². The number of nitrogens with zero attached hydrogens (tertiary/aromatic N) is 2. The summed E-state index contributed by atoms with van der Waals surface area (Å²) in [6.45, 7) is 2.04. The maximum atomic E-state index is 10.1. The number of halogens is 2. The highest BCUT2D eigenvalue weighted by Gasteiger charge is 2.29. The van der Waals surface area contributed by atoms with Crippen LogP contribution < -0.4 is 0 Å². The zero-order valence-electron chi connectivity index (χ0n) is 16.5. The molecule has 0 heterocycles. The molecule has 0 aliphatic carbocycles. The van der Waals surface area contributed by atoms with E-state index in [4.69, 9.17) is 23.2 Å². The molecule has 2 nitrogen and oxygen atoms in total. The van der Waals surface area contributed by atoms with Crippen LogP contribution in [0.4, 0.5) is 0 Å². The van der Waals surface area contributed by atoms with Gasteiger partial charge in [0.2, 0.25) is 0 Å². The molecule has 3 aromatic rings. The predicted octanol–water partition coefficient (Wildman–Crippen LogP) is 7.63. The third kappa shape index (κ3) is 5.11. The van der Waals surface area contributed by atoms with Crippen LogP contribution in [0.2, 0.25) is 10.0 Å². The van der Waals surface area contributed by atoms with Gasteiger partial charge in [-0.1, -0.05) is 90.8 Å². The zero-order chi connectivity index (χ0) is 21.5. The van der Waals surface area contributed by atoms with Gasteiger partial charge >= 0.3 is 0 Å². The summed E-state index contributed by atoms with van der Waals surface area (Å²) in [5, 5.41) is 21.1. The molecule has 0 bridgehead atoms. The Morgan fingerprint density at radius 2 is 1.37 bits per heavy atom. The van der Waals surface area contributed by atoms with E-state index < -0.39 is 0 Å². The van der Waals surface area contributed by atoms with Crippen LogP contribution in [-0.2, 0) is 0 Å². The Morgan fingerprint density at radius 1 is 0.800 bits per heavy atom. The van der Waals surface area contributed by atoms with Gasteiger partial charge in [0.05, 0.1) is 23.6 Å². The normalized spacial score (nSPS) is 14.2. The molecule has 0 aliphatic heterocycles. The third-order valence-electron chi connectivity index (χ3n) is 5.18. The molecule has 3 unspecified atom stereocenters. The average Bonchev–Trinajstić information content (AvgIpc) is 2.77. The number of benzene rings is 3. The molecular weight excluding hydrogens is 411 g/mol. The van der Waals surface area contributed by atoms with Crippen molar-refractivity contribution in [2.24, 2.45) is 5.92 Å². The molecule has 3 rings (SSSR count). The van der Waals surface area contributed by atoms with Crippen LogP contribution in [0.25, 0.3) is 5.57 Å². The molecule has 0 N–H and O–H groups in total. The maximum Gasteiger partial charge on any atom is 0.0994 e. The lowest BCUT2D eigenvalue weighted by Crippen LogP contribution is -2.17. The van der Waals surface area contributed by atoms with Gasteiger partial charge in [-0.15, -0.1) is 0 Å². The Kier molecular flexibility index (Phi) is 7.31. The molecule has 0 amide bonds. The Hall–Kier alpha value is -3.04. The molecule has 0 saturated heterocycles. The van der Waals surface area contributed by atoms with Gasteiger partial charge in [-0.25, -0.2) is 0 Å². The fourth-order valence-electron chi connectivity index (χ4n) is 3.70. The zero-order valence-corrected chi connectivity index (χ0v) is 18.0. The lowest BCUT2D eigenvalue weighted by Gasteiger charge is -2.27. The summed E-state index contributed by atoms with van der Waals surface area (Å²) in [6.07, 6.45) is 1.94. The molecule has 3 aromatic carbocycles. The summed E-state index contributed by atoms with van der Waals surface area (Å²) < 4.78 is 0. The Bertz CT molecular complexity index is 1090. The van der Waals surface area contributed by atoms with Crippen LogP contribution in [0.3, 0.4) is 0 Å². The first-order chi connectivity index (χ1) is 14.5. The van der Waals surface area contributed by atoms with Crippen LogP contribution in [0, 0.1) is 28.6 Å². The molecule has 0 saturated carbocycles. The smallest absolute Gasteiger partial charge is 0.0994 e. The van der Waals surface area contributed by atoms with Gasteiger partial charge in [0.1, 0.15) is 0 Å². The van der Waals surface area contributed by atoms with Crippen LogP contribution in [-0.4, -0.2) is 0 Å². The Morgan fingerprint density at radius 3 is 1.90 bits per heavy atom. The minimum Gasteiger partial charge on any atom is -0.198 e. The quantitative estimate of drug-likeness (QED) is 0.377.